The summed E-state index contributed by atoms with van der Waals surface area (Å²) < 4.78 is 5.93. The van der Waals surface area contributed by atoms with Crippen molar-refractivity contribution < 1.29 is 4.52 Å². The number of halogens is 1. The molecule has 0 saturated heterocycles. The maximum atomic E-state index is 5.48. The Morgan fingerprint density at radius 3 is 3.08 bits per heavy atom. The van der Waals surface area contributed by atoms with Crippen molar-refractivity contribution in [3.05, 3.63) is 28.4 Å². The van der Waals surface area contributed by atoms with Crippen molar-refractivity contribution in [2.75, 3.05) is 6.54 Å². The fraction of sp³-hybridized carbons (Fsp3) is 0.222. The number of nitrogens with zero attached hydrogens (tertiary/aromatic N) is 1. The minimum atomic E-state index is 0.622. The van der Waals surface area contributed by atoms with Crippen LogP contribution in [0, 0.1) is 0 Å². The van der Waals surface area contributed by atoms with E-state index in [4.69, 9.17) is 10.3 Å². The third kappa shape index (κ3) is 1.47. The van der Waals surface area contributed by atoms with E-state index in [1.54, 1.807) is 0 Å². The zero-order valence-electron chi connectivity index (χ0n) is 6.96. The van der Waals surface area contributed by atoms with Crippen LogP contribution in [0.4, 0.5) is 0 Å². The van der Waals surface area contributed by atoms with Crippen LogP contribution in [-0.2, 0) is 6.42 Å². The smallest absolute Gasteiger partial charge is 0.171 e. The largest absolute Gasteiger partial charge is 0.355 e. The number of hydrogen-bond donors (Lipinski definition) is 1. The molecule has 1 aromatic carbocycles. The van der Waals surface area contributed by atoms with Crippen LogP contribution >= 0.6 is 15.9 Å². The molecule has 2 aromatic rings. The molecule has 2 rings (SSSR count). The Labute approximate surface area is 84.0 Å². The molecule has 0 aliphatic rings. The zero-order chi connectivity index (χ0) is 9.26. The number of hydrogen-bond acceptors (Lipinski definition) is 3. The van der Waals surface area contributed by atoms with E-state index < -0.39 is 0 Å². The zero-order valence-corrected chi connectivity index (χ0v) is 8.54. The standard InChI is InChI=1S/C9H9BrN2O/c10-9-7-3-1-2-6(4-5-11)8(7)13-12-9/h1-3H,4-5,11H2. The monoisotopic (exact) mass is 240 g/mol. The van der Waals surface area contributed by atoms with Gasteiger partial charge in [0, 0.05) is 0 Å². The Morgan fingerprint density at radius 2 is 2.31 bits per heavy atom. The van der Waals surface area contributed by atoms with Crippen LogP contribution in [0.2, 0.25) is 0 Å². The molecule has 0 fully saturated rings. The van der Waals surface area contributed by atoms with E-state index in [-0.39, 0.29) is 0 Å². The predicted octanol–water partition coefficient (Wildman–Crippen LogP) is 2.09. The quantitative estimate of drug-likeness (QED) is 0.875. The summed E-state index contributed by atoms with van der Waals surface area (Å²) in [5.74, 6) is 0. The van der Waals surface area contributed by atoms with Crippen LogP contribution in [0.25, 0.3) is 11.0 Å². The van der Waals surface area contributed by atoms with Crippen molar-refractivity contribution in [3.63, 3.8) is 0 Å². The second kappa shape index (κ2) is 3.47. The third-order valence-electron chi connectivity index (χ3n) is 1.95. The first kappa shape index (κ1) is 8.72. The molecule has 3 nitrogen and oxygen atoms in total. The molecule has 0 amide bonds. The molecule has 0 atom stereocenters. The van der Waals surface area contributed by atoms with Gasteiger partial charge in [-0.05, 0) is 40.5 Å². The van der Waals surface area contributed by atoms with Gasteiger partial charge < -0.3 is 10.3 Å². The van der Waals surface area contributed by atoms with E-state index in [0.29, 0.717) is 6.54 Å². The van der Waals surface area contributed by atoms with Crippen LogP contribution < -0.4 is 5.73 Å². The van der Waals surface area contributed by atoms with Crippen molar-refractivity contribution >= 4 is 26.9 Å². The van der Waals surface area contributed by atoms with Gasteiger partial charge in [-0.15, -0.1) is 0 Å². The lowest BCUT2D eigenvalue weighted by Gasteiger charge is -1.97. The minimum absolute atomic E-state index is 0.622. The second-order valence-electron chi connectivity index (χ2n) is 2.81. The van der Waals surface area contributed by atoms with Crippen LogP contribution in [0.15, 0.2) is 27.3 Å². The van der Waals surface area contributed by atoms with Crippen LogP contribution in [0.3, 0.4) is 0 Å². The van der Waals surface area contributed by atoms with Crippen molar-refractivity contribution in [2.45, 2.75) is 6.42 Å². The molecule has 13 heavy (non-hydrogen) atoms. The molecule has 68 valence electrons. The molecule has 2 N–H and O–H groups in total. The van der Waals surface area contributed by atoms with E-state index in [9.17, 15) is 0 Å². The fourth-order valence-corrected chi connectivity index (χ4v) is 1.73. The van der Waals surface area contributed by atoms with Crippen LogP contribution in [-0.4, -0.2) is 11.7 Å². The van der Waals surface area contributed by atoms with Gasteiger partial charge >= 0.3 is 0 Å². The van der Waals surface area contributed by atoms with Gasteiger partial charge in [-0.25, -0.2) is 0 Å². The molecule has 0 radical (unpaired) electrons. The fourth-order valence-electron chi connectivity index (χ4n) is 1.34. The summed E-state index contributed by atoms with van der Waals surface area (Å²) in [4.78, 5) is 0. The molecule has 0 spiro atoms. The molecular weight excluding hydrogens is 232 g/mol. The minimum Gasteiger partial charge on any atom is -0.355 e. The summed E-state index contributed by atoms with van der Waals surface area (Å²) in [7, 11) is 0. The number of fused-ring (bicyclic) bond motifs is 1. The molecule has 4 heteroatoms. The highest BCUT2D eigenvalue weighted by atomic mass is 79.9. The van der Waals surface area contributed by atoms with Crippen molar-refractivity contribution in [1.82, 2.24) is 5.16 Å². The van der Waals surface area contributed by atoms with Gasteiger partial charge in [0.15, 0.2) is 10.2 Å². The Bertz CT molecular complexity index is 424. The summed E-state index contributed by atoms with van der Waals surface area (Å²) in [5.41, 5.74) is 7.43. The molecular formula is C9H9BrN2O. The lowest BCUT2D eigenvalue weighted by atomic mass is 10.1. The number of nitrogens with two attached hydrogens (primary N) is 1. The van der Waals surface area contributed by atoms with Gasteiger partial charge in [-0.3, -0.25) is 0 Å². The summed E-state index contributed by atoms with van der Waals surface area (Å²) in [6.07, 6.45) is 0.818. The summed E-state index contributed by atoms with van der Waals surface area (Å²) in [6, 6.07) is 5.96. The molecule has 0 saturated carbocycles. The summed E-state index contributed by atoms with van der Waals surface area (Å²) in [5, 5.41) is 4.85. The Balaban J connectivity index is 2.63. The maximum absolute atomic E-state index is 5.48. The van der Waals surface area contributed by atoms with Crippen LogP contribution in [0.5, 0.6) is 0 Å². The van der Waals surface area contributed by atoms with Crippen LogP contribution in [0.1, 0.15) is 5.56 Å². The Morgan fingerprint density at radius 1 is 1.46 bits per heavy atom. The van der Waals surface area contributed by atoms with Gasteiger partial charge in [-0.1, -0.05) is 17.3 Å². The number of benzene rings is 1. The van der Waals surface area contributed by atoms with E-state index in [2.05, 4.69) is 21.1 Å². The SMILES string of the molecule is NCCc1cccc2c(Br)noc12. The molecule has 0 aliphatic carbocycles. The first-order chi connectivity index (χ1) is 6.33. The number of para-hydroxylation sites is 1. The van der Waals surface area contributed by atoms with E-state index in [1.807, 2.05) is 18.2 Å². The highest BCUT2D eigenvalue weighted by Gasteiger charge is 2.08. The lowest BCUT2D eigenvalue weighted by molar-refractivity contribution is 0.449. The van der Waals surface area contributed by atoms with Gasteiger partial charge in [0.1, 0.15) is 0 Å². The molecule has 0 aliphatic heterocycles. The van der Waals surface area contributed by atoms with Crippen molar-refractivity contribution in [2.24, 2.45) is 5.73 Å². The highest BCUT2D eigenvalue weighted by Crippen LogP contribution is 2.25. The Kier molecular flexibility index (Phi) is 2.33. The predicted molar refractivity (Wildman–Crippen MR) is 54.5 cm³/mol. The first-order valence-corrected chi connectivity index (χ1v) is 4.85. The van der Waals surface area contributed by atoms with Crippen molar-refractivity contribution in [1.29, 1.82) is 0 Å². The molecule has 1 heterocycles. The topological polar surface area (TPSA) is 52.0 Å². The second-order valence-corrected chi connectivity index (χ2v) is 3.56. The Hall–Kier alpha value is -0.870. The van der Waals surface area contributed by atoms with Gasteiger partial charge in [0.25, 0.3) is 0 Å². The first-order valence-electron chi connectivity index (χ1n) is 4.06. The third-order valence-corrected chi connectivity index (χ3v) is 2.52. The van der Waals surface area contributed by atoms with Gasteiger partial charge in [-0.2, -0.15) is 0 Å². The molecule has 0 bridgehead atoms. The van der Waals surface area contributed by atoms with E-state index in [0.717, 1.165) is 27.6 Å². The average molecular weight is 241 g/mol. The number of rotatable bonds is 2. The van der Waals surface area contributed by atoms with Gasteiger partial charge in [0.2, 0.25) is 0 Å². The normalized spacial score (nSPS) is 10.9. The summed E-state index contributed by atoms with van der Waals surface area (Å²) >= 11 is 3.32. The van der Waals surface area contributed by atoms with E-state index in [1.165, 1.54) is 0 Å². The molecule has 1 aromatic heterocycles. The average Bonchev–Trinajstić information content (AvgIpc) is 2.50. The maximum Gasteiger partial charge on any atom is 0.171 e. The highest BCUT2D eigenvalue weighted by molar-refractivity contribution is 9.10. The van der Waals surface area contributed by atoms with E-state index >= 15 is 0 Å². The summed E-state index contributed by atoms with van der Waals surface area (Å²) in [6.45, 7) is 0.622. The number of aromatic nitrogens is 1. The van der Waals surface area contributed by atoms with Gasteiger partial charge in [0.05, 0.1) is 5.39 Å². The van der Waals surface area contributed by atoms with Crippen molar-refractivity contribution in [3.8, 4) is 0 Å². The molecule has 0 unspecified atom stereocenters. The lowest BCUT2D eigenvalue weighted by Crippen LogP contribution is -2.02.